The maximum Gasteiger partial charge on any atom is 0.259 e. The number of aryl methyl sites for hydroxylation is 2. The van der Waals surface area contributed by atoms with Gasteiger partial charge >= 0.3 is 0 Å². The Kier molecular flexibility index (Phi) is 5.02. The first kappa shape index (κ1) is 19.8. The van der Waals surface area contributed by atoms with E-state index in [9.17, 15) is 4.79 Å². The minimum atomic E-state index is 0.0817. The van der Waals surface area contributed by atoms with E-state index >= 15 is 0 Å². The Hall–Kier alpha value is -3.12. The van der Waals surface area contributed by atoms with Crippen LogP contribution in [0, 0.1) is 19.8 Å². The lowest BCUT2D eigenvalue weighted by Crippen LogP contribution is -2.36. The zero-order chi connectivity index (χ0) is 21.5. The van der Waals surface area contributed by atoms with Crippen molar-refractivity contribution >= 4 is 23.2 Å². The summed E-state index contributed by atoms with van der Waals surface area (Å²) in [6.07, 6.45) is 7.99. The molecule has 0 spiro atoms. The summed E-state index contributed by atoms with van der Waals surface area (Å²) in [5, 5.41) is 7.11. The minimum absolute atomic E-state index is 0.0817. The number of aromatic nitrogens is 3. The number of amides is 1. The summed E-state index contributed by atoms with van der Waals surface area (Å²) in [5.74, 6) is 0.569. The molecule has 0 atom stereocenters. The van der Waals surface area contributed by atoms with E-state index in [2.05, 4.69) is 46.4 Å². The van der Waals surface area contributed by atoms with E-state index < -0.39 is 0 Å². The number of fused-ring (bicyclic) bond motifs is 1. The van der Waals surface area contributed by atoms with Crippen LogP contribution in [0.15, 0.2) is 36.5 Å². The first-order valence-electron chi connectivity index (χ1n) is 11.1. The third kappa shape index (κ3) is 3.72. The number of aromatic amines is 2. The van der Waals surface area contributed by atoms with Gasteiger partial charge in [-0.05, 0) is 75.3 Å². The number of hydrogen-bond acceptors (Lipinski definition) is 3. The van der Waals surface area contributed by atoms with Gasteiger partial charge in [0.15, 0.2) is 0 Å². The molecule has 3 aromatic rings. The summed E-state index contributed by atoms with van der Waals surface area (Å²) >= 11 is 0. The average Bonchev–Trinajstić information content (AvgIpc) is 3.45. The van der Waals surface area contributed by atoms with Crippen LogP contribution in [0.5, 0.6) is 0 Å². The number of H-pyrrole nitrogens is 2. The highest BCUT2D eigenvalue weighted by Gasteiger charge is 2.35. The number of benzene rings is 1. The highest BCUT2D eigenvalue weighted by Crippen LogP contribution is 2.41. The summed E-state index contributed by atoms with van der Waals surface area (Å²) in [5.41, 5.74) is 14.1. The normalized spacial score (nSPS) is 22.4. The van der Waals surface area contributed by atoms with Crippen LogP contribution in [0.2, 0.25) is 0 Å². The number of rotatable bonds is 4. The quantitative estimate of drug-likeness (QED) is 0.551. The predicted octanol–water partition coefficient (Wildman–Crippen LogP) is 4.43. The van der Waals surface area contributed by atoms with Crippen molar-refractivity contribution in [2.45, 2.75) is 45.6 Å². The standard InChI is InChI=1S/C25H29N5O/c1-15-11-16(2)28-23(15)13-21-20-8-5-18(22-9-10-27-29-22)12-24(20)30(25(21)31)14-17-3-6-19(26)7-4-17/h5,8-13,17,19,28H,3-4,6-7,14,26H2,1-2H3,(H,27,29)/b21-13-. The Morgan fingerprint density at radius 1 is 1.16 bits per heavy atom. The molecule has 3 heterocycles. The number of carbonyl (C=O) groups is 1. The van der Waals surface area contributed by atoms with Gasteiger partial charge < -0.3 is 15.6 Å². The van der Waals surface area contributed by atoms with Crippen LogP contribution >= 0.6 is 0 Å². The van der Waals surface area contributed by atoms with Crippen LogP contribution in [0.1, 0.15) is 48.2 Å². The predicted molar refractivity (Wildman–Crippen MR) is 124 cm³/mol. The van der Waals surface area contributed by atoms with Gasteiger partial charge in [-0.15, -0.1) is 0 Å². The number of nitrogens with two attached hydrogens (primary N) is 1. The molecule has 1 aliphatic carbocycles. The van der Waals surface area contributed by atoms with Crippen LogP contribution in [0.3, 0.4) is 0 Å². The average molecular weight is 416 g/mol. The van der Waals surface area contributed by atoms with E-state index in [1.165, 1.54) is 0 Å². The van der Waals surface area contributed by atoms with Gasteiger partial charge in [-0.1, -0.05) is 12.1 Å². The fraction of sp³-hybridized carbons (Fsp3) is 0.360. The lowest BCUT2D eigenvalue weighted by atomic mass is 9.86. The van der Waals surface area contributed by atoms with Crippen molar-refractivity contribution in [1.29, 1.82) is 0 Å². The van der Waals surface area contributed by atoms with E-state index in [-0.39, 0.29) is 5.91 Å². The van der Waals surface area contributed by atoms with E-state index in [1.807, 2.05) is 24.0 Å². The summed E-state index contributed by atoms with van der Waals surface area (Å²) in [7, 11) is 0. The highest BCUT2D eigenvalue weighted by atomic mass is 16.2. The fourth-order valence-electron chi connectivity index (χ4n) is 4.93. The molecule has 0 bridgehead atoms. The molecule has 1 aromatic carbocycles. The molecule has 5 rings (SSSR count). The Morgan fingerprint density at radius 2 is 1.97 bits per heavy atom. The molecule has 1 fully saturated rings. The largest absolute Gasteiger partial charge is 0.359 e. The van der Waals surface area contributed by atoms with Crippen LogP contribution in [0.25, 0.3) is 22.9 Å². The Labute approximate surface area is 182 Å². The van der Waals surface area contributed by atoms with Gasteiger partial charge in [-0.3, -0.25) is 9.89 Å². The van der Waals surface area contributed by atoms with Crippen molar-refractivity contribution in [3.8, 4) is 11.3 Å². The third-order valence-corrected chi connectivity index (χ3v) is 6.68. The second-order valence-electron chi connectivity index (χ2n) is 9.01. The van der Waals surface area contributed by atoms with Gasteiger partial charge in [-0.2, -0.15) is 5.10 Å². The Balaban J connectivity index is 1.55. The first-order valence-corrected chi connectivity index (χ1v) is 11.1. The Bertz CT molecular complexity index is 1130. The zero-order valence-corrected chi connectivity index (χ0v) is 18.1. The minimum Gasteiger partial charge on any atom is -0.359 e. The summed E-state index contributed by atoms with van der Waals surface area (Å²) in [6.45, 7) is 4.85. The molecular weight excluding hydrogens is 386 g/mol. The van der Waals surface area contributed by atoms with Gasteiger partial charge in [0.25, 0.3) is 5.91 Å². The van der Waals surface area contributed by atoms with Gasteiger partial charge in [0, 0.05) is 41.3 Å². The summed E-state index contributed by atoms with van der Waals surface area (Å²) in [6, 6.07) is 10.6. The number of hydrogen-bond donors (Lipinski definition) is 3. The summed E-state index contributed by atoms with van der Waals surface area (Å²) < 4.78 is 0. The molecule has 6 heteroatoms. The van der Waals surface area contributed by atoms with Crippen LogP contribution in [0.4, 0.5) is 5.69 Å². The lowest BCUT2D eigenvalue weighted by Gasteiger charge is -2.30. The maximum atomic E-state index is 13.6. The number of nitrogens with one attached hydrogen (secondary N) is 2. The molecule has 0 saturated heterocycles. The molecule has 0 unspecified atom stereocenters. The topological polar surface area (TPSA) is 90.8 Å². The van der Waals surface area contributed by atoms with Crippen LogP contribution < -0.4 is 10.6 Å². The SMILES string of the molecule is Cc1cc(C)c(/C=C2\C(=O)N(CC3CCC(N)CC3)c3cc(-c4ccn[nH]4)ccc32)[nH]1. The molecule has 1 saturated carbocycles. The number of anilines is 1. The molecule has 6 nitrogen and oxygen atoms in total. The van der Waals surface area contributed by atoms with Crippen molar-refractivity contribution in [2.24, 2.45) is 11.7 Å². The van der Waals surface area contributed by atoms with Crippen molar-refractivity contribution in [3.63, 3.8) is 0 Å². The number of nitrogens with zero attached hydrogens (tertiary/aromatic N) is 2. The fourth-order valence-corrected chi connectivity index (χ4v) is 4.93. The van der Waals surface area contributed by atoms with Crippen LogP contribution in [-0.2, 0) is 4.79 Å². The van der Waals surface area contributed by atoms with E-state index in [0.29, 0.717) is 12.0 Å². The monoisotopic (exact) mass is 415 g/mol. The third-order valence-electron chi connectivity index (χ3n) is 6.68. The molecule has 2 aliphatic rings. The first-order chi connectivity index (χ1) is 15.0. The summed E-state index contributed by atoms with van der Waals surface area (Å²) in [4.78, 5) is 19.0. The van der Waals surface area contributed by atoms with Gasteiger partial charge in [0.2, 0.25) is 0 Å². The molecule has 1 amide bonds. The van der Waals surface area contributed by atoms with Gasteiger partial charge in [0.1, 0.15) is 0 Å². The molecule has 31 heavy (non-hydrogen) atoms. The molecule has 4 N–H and O–H groups in total. The van der Waals surface area contributed by atoms with Gasteiger partial charge in [0.05, 0.1) is 17.0 Å². The van der Waals surface area contributed by atoms with Crippen molar-refractivity contribution in [1.82, 2.24) is 15.2 Å². The Morgan fingerprint density at radius 3 is 2.65 bits per heavy atom. The lowest BCUT2D eigenvalue weighted by molar-refractivity contribution is -0.113. The molecule has 1 aliphatic heterocycles. The molecular formula is C25H29N5O. The van der Waals surface area contributed by atoms with Crippen LogP contribution in [-0.4, -0.2) is 33.7 Å². The number of carbonyl (C=O) groups excluding carboxylic acids is 1. The van der Waals surface area contributed by atoms with E-state index in [4.69, 9.17) is 5.73 Å². The van der Waals surface area contributed by atoms with E-state index in [0.717, 1.165) is 77.3 Å². The molecule has 160 valence electrons. The molecule has 2 aromatic heterocycles. The highest BCUT2D eigenvalue weighted by molar-refractivity contribution is 6.36. The van der Waals surface area contributed by atoms with E-state index in [1.54, 1.807) is 6.20 Å². The smallest absolute Gasteiger partial charge is 0.259 e. The second kappa shape index (κ2) is 7.85. The maximum absolute atomic E-state index is 13.6. The second-order valence-corrected chi connectivity index (χ2v) is 9.01. The van der Waals surface area contributed by atoms with Crippen molar-refractivity contribution in [3.05, 3.63) is 59.0 Å². The van der Waals surface area contributed by atoms with Crippen molar-refractivity contribution in [2.75, 3.05) is 11.4 Å². The van der Waals surface area contributed by atoms with Gasteiger partial charge in [-0.25, -0.2) is 0 Å². The van der Waals surface area contributed by atoms with Crippen molar-refractivity contribution < 1.29 is 4.79 Å². The molecule has 0 radical (unpaired) electrons. The zero-order valence-electron chi connectivity index (χ0n) is 18.1.